The minimum atomic E-state index is -4.50. The molecule has 14 heteroatoms. The number of aromatic nitrogens is 2. The molecule has 3 heterocycles. The largest absolute Gasteiger partial charge is 0.416 e. The van der Waals surface area contributed by atoms with Gasteiger partial charge in [-0.25, -0.2) is 9.37 Å². The molecule has 1 amide bonds. The molecule has 0 saturated carbocycles. The lowest BCUT2D eigenvalue weighted by Crippen LogP contribution is -2.48. The van der Waals surface area contributed by atoms with Gasteiger partial charge in [-0.2, -0.15) is 13.2 Å². The number of piperazine rings is 1. The molecule has 0 bridgehead atoms. The molecule has 212 valence electrons. The maximum absolute atomic E-state index is 14.8. The van der Waals surface area contributed by atoms with E-state index >= 15 is 0 Å². The van der Waals surface area contributed by atoms with Gasteiger partial charge in [0.25, 0.3) is 0 Å². The molecule has 4 rings (SSSR count). The molecule has 3 aromatic rings. The number of carbonyl (C=O) groups excluding carboxylic acids is 1. The van der Waals surface area contributed by atoms with Gasteiger partial charge in [0.1, 0.15) is 17.7 Å². The number of anilines is 3. The third kappa shape index (κ3) is 5.86. The fourth-order valence-corrected chi connectivity index (χ4v) is 5.10. The molecule has 0 radical (unpaired) electrons. The molecule has 39 heavy (non-hydrogen) atoms. The summed E-state index contributed by atoms with van der Waals surface area (Å²) < 4.78 is 55.5. The van der Waals surface area contributed by atoms with Crippen molar-refractivity contribution in [2.45, 2.75) is 26.1 Å². The van der Waals surface area contributed by atoms with Gasteiger partial charge in [0.15, 0.2) is 11.6 Å². The minimum Gasteiger partial charge on any atom is -0.368 e. The van der Waals surface area contributed by atoms with Crippen molar-refractivity contribution in [3.8, 4) is 0 Å². The molecule has 1 aromatic carbocycles. The summed E-state index contributed by atoms with van der Waals surface area (Å²) in [5.41, 5.74) is 5.76. The van der Waals surface area contributed by atoms with Crippen LogP contribution in [0.2, 0.25) is 5.02 Å². The van der Waals surface area contributed by atoms with Crippen molar-refractivity contribution in [2.75, 3.05) is 55.0 Å². The number of rotatable bonds is 6. The topological polar surface area (TPSA) is 87.7 Å². The van der Waals surface area contributed by atoms with Gasteiger partial charge in [0.05, 0.1) is 21.8 Å². The standard InChI is InChI=1S/C25H27ClF4N6O2.ClH/c1-4-17-22(23(38)21-19(36(17)13-20(31)37)12-16(27)24(32-21)33(2)3)35-9-7-34(8-10-35)18-6-5-14(11-15(18)26)25(28,29)30;/h5-6,11-12H,4,7-10,13H2,1-3H3,(H2,31,37);1H. The fraction of sp³-hybridized carbons (Fsp3) is 0.400. The van der Waals surface area contributed by atoms with E-state index in [9.17, 15) is 27.2 Å². The quantitative estimate of drug-likeness (QED) is 0.435. The molecule has 0 atom stereocenters. The number of nitrogens with two attached hydrogens (primary N) is 1. The Labute approximate surface area is 233 Å². The Hall–Kier alpha value is -3.25. The van der Waals surface area contributed by atoms with Crippen LogP contribution in [0.4, 0.5) is 34.8 Å². The molecule has 1 aliphatic rings. The highest BCUT2D eigenvalue weighted by atomic mass is 35.5. The first-order valence-corrected chi connectivity index (χ1v) is 12.3. The summed E-state index contributed by atoms with van der Waals surface area (Å²) in [6.45, 7) is 3.00. The maximum atomic E-state index is 14.8. The van der Waals surface area contributed by atoms with Gasteiger partial charge in [-0.05, 0) is 24.6 Å². The SMILES string of the molecule is CCc1c(N2CCN(c3ccc(C(F)(F)F)cc3Cl)CC2)c(=O)c2nc(N(C)C)c(F)cc2n1CC(N)=O.Cl. The molecular weight excluding hydrogens is 563 g/mol. The Morgan fingerprint density at radius 3 is 2.26 bits per heavy atom. The summed E-state index contributed by atoms with van der Waals surface area (Å²) in [5.74, 6) is -1.32. The van der Waals surface area contributed by atoms with E-state index in [2.05, 4.69) is 4.98 Å². The van der Waals surface area contributed by atoms with Gasteiger partial charge in [0, 0.05) is 52.0 Å². The van der Waals surface area contributed by atoms with Crippen LogP contribution in [0, 0.1) is 5.82 Å². The van der Waals surface area contributed by atoms with Crippen molar-refractivity contribution >= 4 is 58.1 Å². The summed E-state index contributed by atoms with van der Waals surface area (Å²) >= 11 is 6.19. The number of benzene rings is 1. The van der Waals surface area contributed by atoms with Gasteiger partial charge in [-0.3, -0.25) is 9.59 Å². The third-order valence-electron chi connectivity index (χ3n) is 6.54. The van der Waals surface area contributed by atoms with E-state index in [4.69, 9.17) is 17.3 Å². The van der Waals surface area contributed by atoms with Crippen molar-refractivity contribution in [2.24, 2.45) is 5.73 Å². The van der Waals surface area contributed by atoms with Crippen LogP contribution >= 0.6 is 24.0 Å². The average molecular weight is 591 g/mol. The van der Waals surface area contributed by atoms with E-state index in [1.165, 1.54) is 21.6 Å². The smallest absolute Gasteiger partial charge is 0.368 e. The molecule has 2 aromatic heterocycles. The number of halogens is 6. The first kappa shape index (κ1) is 30.3. The number of alkyl halides is 3. The van der Waals surface area contributed by atoms with E-state index < -0.39 is 28.9 Å². The van der Waals surface area contributed by atoms with Crippen LogP contribution in [0.5, 0.6) is 0 Å². The first-order valence-electron chi connectivity index (χ1n) is 11.9. The van der Waals surface area contributed by atoms with Crippen LogP contribution < -0.4 is 25.9 Å². The first-order chi connectivity index (χ1) is 17.8. The number of amides is 1. The summed E-state index contributed by atoms with van der Waals surface area (Å²) in [7, 11) is 3.21. The predicted molar refractivity (Wildman–Crippen MR) is 147 cm³/mol. The Morgan fingerprint density at radius 2 is 1.74 bits per heavy atom. The number of hydrogen-bond acceptors (Lipinski definition) is 6. The molecule has 2 N–H and O–H groups in total. The zero-order valence-corrected chi connectivity index (χ0v) is 23.1. The second kappa shape index (κ2) is 11.5. The summed E-state index contributed by atoms with van der Waals surface area (Å²) in [6, 6.07) is 4.42. The summed E-state index contributed by atoms with van der Waals surface area (Å²) in [4.78, 5) is 35.1. The second-order valence-corrected chi connectivity index (χ2v) is 9.63. The Kier molecular flexibility index (Phi) is 8.91. The van der Waals surface area contributed by atoms with Crippen molar-refractivity contribution in [3.63, 3.8) is 0 Å². The van der Waals surface area contributed by atoms with E-state index in [0.29, 0.717) is 49.7 Å². The van der Waals surface area contributed by atoms with Gasteiger partial charge in [-0.1, -0.05) is 18.5 Å². The van der Waals surface area contributed by atoms with E-state index in [1.807, 2.05) is 16.7 Å². The highest BCUT2D eigenvalue weighted by Gasteiger charge is 2.32. The van der Waals surface area contributed by atoms with Crippen LogP contribution in [-0.4, -0.2) is 55.7 Å². The molecular formula is C25H28Cl2F4N6O2. The van der Waals surface area contributed by atoms with Crippen LogP contribution in [0.25, 0.3) is 11.0 Å². The van der Waals surface area contributed by atoms with Gasteiger partial charge in [-0.15, -0.1) is 12.4 Å². The maximum Gasteiger partial charge on any atom is 0.416 e. The Morgan fingerprint density at radius 1 is 1.13 bits per heavy atom. The van der Waals surface area contributed by atoms with E-state index in [1.54, 1.807) is 14.1 Å². The van der Waals surface area contributed by atoms with Crippen LogP contribution in [0.15, 0.2) is 29.1 Å². The van der Waals surface area contributed by atoms with Crippen molar-refractivity contribution in [1.82, 2.24) is 9.55 Å². The Bertz CT molecular complexity index is 1450. The lowest BCUT2D eigenvalue weighted by molar-refractivity contribution is -0.137. The van der Waals surface area contributed by atoms with Crippen LogP contribution in [-0.2, 0) is 23.9 Å². The molecule has 0 spiro atoms. The van der Waals surface area contributed by atoms with Crippen molar-refractivity contribution in [1.29, 1.82) is 0 Å². The number of nitrogens with zero attached hydrogens (tertiary/aromatic N) is 5. The number of primary amides is 1. The molecule has 8 nitrogen and oxygen atoms in total. The highest BCUT2D eigenvalue weighted by molar-refractivity contribution is 6.33. The average Bonchev–Trinajstić information content (AvgIpc) is 2.84. The number of carbonyl (C=O) groups is 1. The molecule has 1 fully saturated rings. The highest BCUT2D eigenvalue weighted by Crippen LogP contribution is 2.36. The number of hydrogen-bond donors (Lipinski definition) is 1. The number of pyridine rings is 2. The van der Waals surface area contributed by atoms with Gasteiger partial charge < -0.3 is 25.0 Å². The number of fused-ring (bicyclic) bond motifs is 1. The van der Waals surface area contributed by atoms with Crippen molar-refractivity contribution < 1.29 is 22.4 Å². The fourth-order valence-electron chi connectivity index (χ4n) is 4.80. The molecule has 1 saturated heterocycles. The minimum absolute atomic E-state index is 0. The van der Waals surface area contributed by atoms with Crippen molar-refractivity contribution in [3.05, 3.63) is 56.6 Å². The normalized spacial score (nSPS) is 13.9. The zero-order chi connectivity index (χ0) is 27.9. The zero-order valence-electron chi connectivity index (χ0n) is 21.5. The summed E-state index contributed by atoms with van der Waals surface area (Å²) in [5, 5.41) is -0.0144. The van der Waals surface area contributed by atoms with Gasteiger partial charge in [0.2, 0.25) is 11.3 Å². The predicted octanol–water partition coefficient (Wildman–Crippen LogP) is 4.07. The van der Waals surface area contributed by atoms with Crippen LogP contribution in [0.1, 0.15) is 18.2 Å². The van der Waals surface area contributed by atoms with Gasteiger partial charge >= 0.3 is 6.18 Å². The van der Waals surface area contributed by atoms with E-state index in [0.717, 1.165) is 12.1 Å². The monoisotopic (exact) mass is 590 g/mol. The second-order valence-electron chi connectivity index (χ2n) is 9.22. The lowest BCUT2D eigenvalue weighted by atomic mass is 10.1. The lowest BCUT2D eigenvalue weighted by Gasteiger charge is -2.38. The summed E-state index contributed by atoms with van der Waals surface area (Å²) in [6.07, 6.45) is -4.14. The Balaban J connectivity index is 0.00000420. The molecule has 0 aliphatic carbocycles. The van der Waals surface area contributed by atoms with E-state index in [-0.39, 0.29) is 40.8 Å². The molecule has 1 aliphatic heterocycles. The molecule has 0 unspecified atom stereocenters. The van der Waals surface area contributed by atoms with Crippen LogP contribution in [0.3, 0.4) is 0 Å². The third-order valence-corrected chi connectivity index (χ3v) is 6.84.